The monoisotopic (exact) mass is 414 g/mol. The van der Waals surface area contributed by atoms with Gasteiger partial charge in [0, 0.05) is 19.6 Å². The first-order chi connectivity index (χ1) is 13.3. The Labute approximate surface area is 165 Å². The molecule has 0 aromatic heterocycles. The van der Waals surface area contributed by atoms with Crippen LogP contribution < -0.4 is 10.1 Å². The molecule has 2 rings (SSSR count). The molecule has 0 spiro atoms. The van der Waals surface area contributed by atoms with E-state index in [2.05, 4.69) is 5.32 Å². The van der Waals surface area contributed by atoms with Gasteiger partial charge in [-0.05, 0) is 31.5 Å². The van der Waals surface area contributed by atoms with Gasteiger partial charge in [0.15, 0.2) is 6.10 Å². The number of nitrogens with zero attached hydrogens (tertiary/aromatic N) is 1. The van der Waals surface area contributed by atoms with Crippen molar-refractivity contribution in [2.75, 3.05) is 40.0 Å². The Hall–Kier alpha value is -2.17. The summed E-state index contributed by atoms with van der Waals surface area (Å²) >= 11 is 0. The van der Waals surface area contributed by atoms with Crippen molar-refractivity contribution in [1.82, 2.24) is 9.62 Å². The van der Waals surface area contributed by atoms with Gasteiger partial charge in [-0.1, -0.05) is 6.92 Å². The number of sulfonamides is 1. The standard InChI is InChI=1S/C18H26N2O7S/c1-4-7-19-17(21)13(2)27-18(22)15-12-14(5-6-16(15)25-3)28(23,24)20-8-10-26-11-9-20/h5-6,12-13H,4,7-11H2,1-3H3,(H,19,21)/t13-/m1/s1. The van der Waals surface area contributed by atoms with Crippen LogP contribution in [0.4, 0.5) is 0 Å². The molecule has 1 amide bonds. The second kappa shape index (κ2) is 9.85. The maximum Gasteiger partial charge on any atom is 0.342 e. The Morgan fingerprint density at radius 3 is 2.57 bits per heavy atom. The van der Waals surface area contributed by atoms with Crippen LogP contribution in [0.1, 0.15) is 30.6 Å². The molecule has 156 valence electrons. The van der Waals surface area contributed by atoms with E-state index in [0.717, 1.165) is 6.42 Å². The Morgan fingerprint density at radius 2 is 1.96 bits per heavy atom. The summed E-state index contributed by atoms with van der Waals surface area (Å²) in [4.78, 5) is 24.4. The molecule has 0 saturated carbocycles. The molecule has 1 aromatic carbocycles. The van der Waals surface area contributed by atoms with E-state index in [1.165, 1.54) is 36.5 Å². The van der Waals surface area contributed by atoms with Crippen molar-refractivity contribution in [2.45, 2.75) is 31.3 Å². The number of hydrogen-bond acceptors (Lipinski definition) is 7. The van der Waals surface area contributed by atoms with E-state index in [1.54, 1.807) is 0 Å². The second-order valence-corrected chi connectivity index (χ2v) is 8.16. The van der Waals surface area contributed by atoms with E-state index in [9.17, 15) is 18.0 Å². The molecule has 1 aromatic rings. The maximum atomic E-state index is 12.8. The fraction of sp³-hybridized carbons (Fsp3) is 0.556. The van der Waals surface area contributed by atoms with Crippen LogP contribution in [0.3, 0.4) is 0 Å². The molecule has 0 unspecified atom stereocenters. The number of nitrogens with one attached hydrogen (secondary N) is 1. The summed E-state index contributed by atoms with van der Waals surface area (Å²) in [6, 6.07) is 3.98. The first-order valence-electron chi connectivity index (χ1n) is 9.06. The average molecular weight is 414 g/mol. The zero-order valence-corrected chi connectivity index (χ0v) is 17.1. The fourth-order valence-electron chi connectivity index (χ4n) is 2.61. The summed E-state index contributed by atoms with van der Waals surface area (Å²) in [7, 11) is -2.43. The number of carbonyl (C=O) groups excluding carboxylic acids is 2. The molecule has 1 aliphatic heterocycles. The number of benzene rings is 1. The highest BCUT2D eigenvalue weighted by atomic mass is 32.2. The highest BCUT2D eigenvalue weighted by Gasteiger charge is 2.29. The van der Waals surface area contributed by atoms with Crippen LogP contribution in [-0.2, 0) is 24.3 Å². The van der Waals surface area contributed by atoms with E-state index in [0.29, 0.717) is 19.8 Å². The predicted molar refractivity (Wildman–Crippen MR) is 101 cm³/mol. The van der Waals surface area contributed by atoms with Crippen LogP contribution in [0.15, 0.2) is 23.1 Å². The van der Waals surface area contributed by atoms with Crippen molar-refractivity contribution in [3.8, 4) is 5.75 Å². The lowest BCUT2D eigenvalue weighted by Crippen LogP contribution is -2.40. The Kier molecular flexibility index (Phi) is 7.78. The molecule has 0 radical (unpaired) electrons. The number of hydrogen-bond donors (Lipinski definition) is 1. The quantitative estimate of drug-likeness (QED) is 0.626. The summed E-state index contributed by atoms with van der Waals surface area (Å²) in [6.07, 6.45) is -0.273. The van der Waals surface area contributed by atoms with Crippen molar-refractivity contribution in [3.05, 3.63) is 23.8 Å². The van der Waals surface area contributed by atoms with Gasteiger partial charge >= 0.3 is 5.97 Å². The summed E-state index contributed by atoms with van der Waals surface area (Å²) in [5.74, 6) is -1.10. The lowest BCUT2D eigenvalue weighted by molar-refractivity contribution is -0.129. The normalized spacial score (nSPS) is 16.2. The average Bonchev–Trinajstić information content (AvgIpc) is 2.71. The summed E-state index contributed by atoms with van der Waals surface area (Å²) in [6.45, 7) is 4.93. The molecule has 9 nitrogen and oxygen atoms in total. The minimum Gasteiger partial charge on any atom is -0.496 e. The molecule has 1 saturated heterocycles. The third-order valence-electron chi connectivity index (χ3n) is 4.20. The molecular weight excluding hydrogens is 388 g/mol. The summed E-state index contributed by atoms with van der Waals surface area (Å²) in [5, 5.41) is 2.63. The summed E-state index contributed by atoms with van der Waals surface area (Å²) < 4.78 is 42.5. The number of methoxy groups -OCH3 is 1. The smallest absolute Gasteiger partial charge is 0.342 e. The molecule has 10 heteroatoms. The largest absolute Gasteiger partial charge is 0.496 e. The molecule has 28 heavy (non-hydrogen) atoms. The van der Waals surface area contributed by atoms with Crippen molar-refractivity contribution in [2.24, 2.45) is 0 Å². The van der Waals surface area contributed by atoms with E-state index < -0.39 is 28.0 Å². The first-order valence-corrected chi connectivity index (χ1v) is 10.5. The van der Waals surface area contributed by atoms with Crippen LogP contribution in [0.5, 0.6) is 5.75 Å². The van der Waals surface area contributed by atoms with Crippen molar-refractivity contribution >= 4 is 21.9 Å². The molecule has 1 fully saturated rings. The van der Waals surface area contributed by atoms with Gasteiger partial charge in [-0.3, -0.25) is 4.79 Å². The lowest BCUT2D eigenvalue weighted by atomic mass is 10.2. The van der Waals surface area contributed by atoms with E-state index in [1.807, 2.05) is 6.92 Å². The zero-order chi connectivity index (χ0) is 20.7. The van der Waals surface area contributed by atoms with Gasteiger partial charge in [0.2, 0.25) is 10.0 Å². The number of morpholine rings is 1. The van der Waals surface area contributed by atoms with Gasteiger partial charge in [0.25, 0.3) is 5.91 Å². The zero-order valence-electron chi connectivity index (χ0n) is 16.3. The van der Waals surface area contributed by atoms with Crippen LogP contribution in [0.2, 0.25) is 0 Å². The molecular formula is C18H26N2O7S. The predicted octanol–water partition coefficient (Wildman–Crippen LogP) is 0.788. The Balaban J connectivity index is 2.24. The van der Waals surface area contributed by atoms with Crippen LogP contribution in [-0.4, -0.2) is 70.7 Å². The van der Waals surface area contributed by atoms with Crippen LogP contribution in [0, 0.1) is 0 Å². The van der Waals surface area contributed by atoms with Gasteiger partial charge in [0.05, 0.1) is 25.2 Å². The molecule has 1 heterocycles. The minimum absolute atomic E-state index is 0.0507. The highest BCUT2D eigenvalue weighted by molar-refractivity contribution is 7.89. The van der Waals surface area contributed by atoms with E-state index >= 15 is 0 Å². The number of rotatable bonds is 8. The van der Waals surface area contributed by atoms with Gasteiger partial charge in [-0.25, -0.2) is 13.2 Å². The van der Waals surface area contributed by atoms with E-state index in [-0.39, 0.29) is 29.3 Å². The van der Waals surface area contributed by atoms with Gasteiger partial charge in [0.1, 0.15) is 11.3 Å². The second-order valence-electron chi connectivity index (χ2n) is 6.22. The van der Waals surface area contributed by atoms with Crippen molar-refractivity contribution < 1.29 is 32.2 Å². The Bertz CT molecular complexity index is 804. The van der Waals surface area contributed by atoms with Crippen molar-refractivity contribution in [3.63, 3.8) is 0 Å². The minimum atomic E-state index is -3.79. The summed E-state index contributed by atoms with van der Waals surface area (Å²) in [5.41, 5.74) is -0.0630. The topological polar surface area (TPSA) is 111 Å². The number of esters is 1. The van der Waals surface area contributed by atoms with Crippen LogP contribution >= 0.6 is 0 Å². The fourth-order valence-corrected chi connectivity index (χ4v) is 4.05. The number of amides is 1. The van der Waals surface area contributed by atoms with Gasteiger partial charge < -0.3 is 19.5 Å². The molecule has 0 aliphatic carbocycles. The Morgan fingerprint density at radius 1 is 1.29 bits per heavy atom. The maximum absolute atomic E-state index is 12.8. The first kappa shape index (κ1) is 22.1. The lowest BCUT2D eigenvalue weighted by Gasteiger charge is -2.26. The molecule has 1 N–H and O–H groups in total. The van der Waals surface area contributed by atoms with Gasteiger partial charge in [-0.2, -0.15) is 4.31 Å². The molecule has 1 aliphatic rings. The number of ether oxygens (including phenoxy) is 3. The third kappa shape index (κ3) is 5.21. The van der Waals surface area contributed by atoms with Crippen LogP contribution in [0.25, 0.3) is 0 Å². The third-order valence-corrected chi connectivity index (χ3v) is 6.10. The molecule has 1 atom stereocenters. The molecule has 0 bridgehead atoms. The number of carbonyl (C=O) groups is 2. The van der Waals surface area contributed by atoms with Gasteiger partial charge in [-0.15, -0.1) is 0 Å². The SMILES string of the molecule is CCCNC(=O)[C@@H](C)OC(=O)c1cc(S(=O)(=O)N2CCOCC2)ccc1OC. The van der Waals surface area contributed by atoms with Crippen molar-refractivity contribution in [1.29, 1.82) is 0 Å². The highest BCUT2D eigenvalue weighted by Crippen LogP contribution is 2.26. The van der Waals surface area contributed by atoms with E-state index in [4.69, 9.17) is 14.2 Å².